The van der Waals surface area contributed by atoms with Crippen molar-refractivity contribution in [1.82, 2.24) is 30.9 Å². The van der Waals surface area contributed by atoms with Gasteiger partial charge in [0.1, 0.15) is 0 Å². The molecule has 1 aromatic carbocycles. The summed E-state index contributed by atoms with van der Waals surface area (Å²) >= 11 is 1.49. The number of anilines is 1. The highest BCUT2D eigenvalue weighted by Gasteiger charge is 2.57. The summed E-state index contributed by atoms with van der Waals surface area (Å²) < 4.78 is 0.931. The summed E-state index contributed by atoms with van der Waals surface area (Å²) in [5, 5.41) is 19.5. The predicted molar refractivity (Wildman–Crippen MR) is 147 cm³/mol. The van der Waals surface area contributed by atoms with Crippen molar-refractivity contribution in [3.8, 4) is 11.4 Å². The number of carbonyl (C=O) groups is 2. The number of hydrogen-bond donors (Lipinski definition) is 4. The summed E-state index contributed by atoms with van der Waals surface area (Å²) in [6.45, 7) is 6.75. The van der Waals surface area contributed by atoms with Crippen molar-refractivity contribution in [3.63, 3.8) is 0 Å². The molecule has 0 aliphatic carbocycles. The van der Waals surface area contributed by atoms with Gasteiger partial charge >= 0.3 is 12.0 Å². The van der Waals surface area contributed by atoms with E-state index in [0.717, 1.165) is 21.5 Å². The number of aromatic nitrogens is 3. The maximum atomic E-state index is 13.1. The van der Waals surface area contributed by atoms with E-state index in [1.165, 1.54) is 11.3 Å². The maximum absolute atomic E-state index is 13.1. The summed E-state index contributed by atoms with van der Waals surface area (Å²) in [6.07, 6.45) is 7.28. The fourth-order valence-corrected chi connectivity index (χ4v) is 6.01. The number of nitrogens with zero attached hydrogens (tertiary/aromatic N) is 5. The average molecular weight is 535 g/mol. The molecule has 1 fully saturated rings. The molecule has 0 radical (unpaired) electrons. The summed E-state index contributed by atoms with van der Waals surface area (Å²) in [6, 6.07) is 5.26. The number of carboxylic acids is 1. The molecule has 3 aromatic rings. The Labute approximate surface area is 224 Å². The van der Waals surface area contributed by atoms with Crippen LogP contribution in [0.3, 0.4) is 0 Å². The number of aryl methyl sites for hydroxylation is 1. The molecule has 3 unspecified atom stereocenters. The lowest BCUT2D eigenvalue weighted by molar-refractivity contribution is -0.155. The van der Waals surface area contributed by atoms with E-state index in [9.17, 15) is 14.7 Å². The normalized spacial score (nSPS) is 24.9. The summed E-state index contributed by atoms with van der Waals surface area (Å²) in [5.41, 5.74) is 3.64. The van der Waals surface area contributed by atoms with Crippen LogP contribution >= 0.6 is 11.3 Å². The van der Waals surface area contributed by atoms with Gasteiger partial charge in [-0.15, -0.1) is 11.3 Å². The van der Waals surface area contributed by atoms with E-state index in [0.29, 0.717) is 37.6 Å². The Morgan fingerprint density at radius 3 is 2.92 bits per heavy atom. The monoisotopic (exact) mass is 534 g/mol. The molecule has 12 heteroatoms. The molecule has 198 valence electrons. The van der Waals surface area contributed by atoms with Crippen LogP contribution in [0, 0.1) is 18.3 Å². The zero-order chi connectivity index (χ0) is 26.9. The Bertz CT molecular complexity index is 1440. The van der Waals surface area contributed by atoms with Crippen molar-refractivity contribution in [2.45, 2.75) is 33.0 Å². The van der Waals surface area contributed by atoms with Gasteiger partial charge in [-0.3, -0.25) is 10.1 Å². The molecule has 4 N–H and O–H groups in total. The molecule has 2 aliphatic heterocycles. The summed E-state index contributed by atoms with van der Waals surface area (Å²) in [5.74, 6) is -2.45. The number of aliphatic imine (C=N–C) groups is 1. The topological polar surface area (TPSA) is 145 Å². The Balaban J connectivity index is 1.72. The third-order valence-corrected chi connectivity index (χ3v) is 8.11. The molecule has 3 atom stereocenters. The van der Waals surface area contributed by atoms with Crippen molar-refractivity contribution < 1.29 is 14.7 Å². The number of amides is 2. The lowest BCUT2D eigenvalue weighted by Gasteiger charge is -2.52. The van der Waals surface area contributed by atoms with Crippen molar-refractivity contribution in [3.05, 3.63) is 47.9 Å². The number of piperidine rings is 1. The Hall–Kier alpha value is -3.90. The molecule has 2 aromatic heterocycles. The van der Waals surface area contributed by atoms with Gasteiger partial charge in [0.05, 0.1) is 27.1 Å². The summed E-state index contributed by atoms with van der Waals surface area (Å²) in [7, 11) is 0. The van der Waals surface area contributed by atoms with Crippen LogP contribution < -0.4 is 20.9 Å². The van der Waals surface area contributed by atoms with Gasteiger partial charge < -0.3 is 20.6 Å². The van der Waals surface area contributed by atoms with Crippen molar-refractivity contribution in [2.24, 2.45) is 16.3 Å². The van der Waals surface area contributed by atoms with Gasteiger partial charge in [-0.25, -0.2) is 24.7 Å². The molecule has 11 nitrogen and oxygen atoms in total. The second kappa shape index (κ2) is 10.1. The van der Waals surface area contributed by atoms with E-state index in [1.807, 2.05) is 43.1 Å². The fraction of sp³-hybridized carbons (Fsp3) is 0.385. The van der Waals surface area contributed by atoms with Crippen LogP contribution in [0.2, 0.25) is 0 Å². The van der Waals surface area contributed by atoms with E-state index in [1.54, 1.807) is 30.9 Å². The van der Waals surface area contributed by atoms with E-state index in [-0.39, 0.29) is 0 Å². The van der Waals surface area contributed by atoms with Crippen molar-refractivity contribution in [1.29, 1.82) is 0 Å². The molecular formula is C26H30N8O3S. The molecule has 2 amide bonds. The van der Waals surface area contributed by atoms with E-state index < -0.39 is 29.1 Å². The van der Waals surface area contributed by atoms with E-state index in [4.69, 9.17) is 4.99 Å². The molecule has 4 heterocycles. The number of aliphatic carboxylic acids is 1. The molecule has 2 aliphatic rings. The van der Waals surface area contributed by atoms with Crippen molar-refractivity contribution >= 4 is 45.5 Å². The van der Waals surface area contributed by atoms with Crippen LogP contribution in [0.5, 0.6) is 0 Å². The number of benzene rings is 1. The van der Waals surface area contributed by atoms with Gasteiger partial charge in [-0.05, 0) is 58.0 Å². The standard InChI is InChI=1S/C26H30N8O3S/c1-4-28-24(37)33-26(20-14-27-10-7-25(20,3)23(35)36)31-8-5-11-34(26)17-12-18(21-19(13-17)30-15-38-21)22-29-9-6-16(2)32-22/h5-6,8-9,11-13,15,20,27H,4,7,10,14H2,1-3H3,(H,35,36)(H2,28,33,37). The fourth-order valence-electron chi connectivity index (χ4n) is 5.22. The Morgan fingerprint density at radius 1 is 1.32 bits per heavy atom. The molecular weight excluding hydrogens is 504 g/mol. The minimum atomic E-state index is -1.44. The minimum absolute atomic E-state index is 0.337. The predicted octanol–water partition coefficient (Wildman–Crippen LogP) is 3.14. The van der Waals surface area contributed by atoms with Gasteiger partial charge in [0.2, 0.25) is 5.79 Å². The number of hydrogen-bond acceptors (Lipinski definition) is 9. The average Bonchev–Trinajstić information content (AvgIpc) is 3.37. The molecule has 1 saturated heterocycles. The zero-order valence-electron chi connectivity index (χ0n) is 21.4. The number of urea groups is 1. The minimum Gasteiger partial charge on any atom is -0.481 e. The molecule has 38 heavy (non-hydrogen) atoms. The first-order chi connectivity index (χ1) is 18.3. The lowest BCUT2D eigenvalue weighted by atomic mass is 9.68. The second-order valence-corrected chi connectivity index (χ2v) is 10.5. The van der Waals surface area contributed by atoms with Gasteiger partial charge in [0.25, 0.3) is 0 Å². The Morgan fingerprint density at radius 2 is 2.16 bits per heavy atom. The highest BCUT2D eigenvalue weighted by Crippen LogP contribution is 2.46. The molecule has 0 saturated carbocycles. The van der Waals surface area contributed by atoms with Gasteiger partial charge in [0.15, 0.2) is 5.82 Å². The van der Waals surface area contributed by atoms with Crippen LogP contribution in [-0.4, -0.2) is 63.7 Å². The second-order valence-electron chi connectivity index (χ2n) is 9.65. The van der Waals surface area contributed by atoms with Gasteiger partial charge in [-0.1, -0.05) is 0 Å². The molecule has 0 spiro atoms. The largest absolute Gasteiger partial charge is 0.481 e. The lowest BCUT2D eigenvalue weighted by Crippen LogP contribution is -2.71. The quantitative estimate of drug-likeness (QED) is 0.378. The number of fused-ring (bicyclic) bond motifs is 1. The number of rotatable bonds is 6. The van der Waals surface area contributed by atoms with Crippen LogP contribution in [-0.2, 0) is 4.79 Å². The Kier molecular flexibility index (Phi) is 6.84. The highest BCUT2D eigenvalue weighted by molar-refractivity contribution is 7.17. The maximum Gasteiger partial charge on any atom is 0.318 e. The third kappa shape index (κ3) is 4.39. The third-order valence-electron chi connectivity index (χ3n) is 7.24. The summed E-state index contributed by atoms with van der Waals surface area (Å²) in [4.78, 5) is 46.1. The van der Waals surface area contributed by atoms with Crippen molar-refractivity contribution in [2.75, 3.05) is 24.5 Å². The number of allylic oxidation sites excluding steroid dienone is 1. The van der Waals surface area contributed by atoms with Gasteiger partial charge in [-0.2, -0.15) is 0 Å². The first-order valence-electron chi connectivity index (χ1n) is 12.5. The van der Waals surface area contributed by atoms with E-state index in [2.05, 4.69) is 30.9 Å². The van der Waals surface area contributed by atoms with Crippen LogP contribution in [0.15, 0.2) is 47.2 Å². The van der Waals surface area contributed by atoms with Crippen LogP contribution in [0.25, 0.3) is 21.6 Å². The smallest absolute Gasteiger partial charge is 0.318 e. The molecule has 0 bridgehead atoms. The van der Waals surface area contributed by atoms with Gasteiger partial charge in [0, 0.05) is 48.6 Å². The van der Waals surface area contributed by atoms with E-state index >= 15 is 0 Å². The number of nitrogens with one attached hydrogen (secondary N) is 3. The van der Waals surface area contributed by atoms with Crippen LogP contribution in [0.4, 0.5) is 10.5 Å². The van der Waals surface area contributed by atoms with Crippen LogP contribution in [0.1, 0.15) is 26.0 Å². The zero-order valence-corrected chi connectivity index (χ0v) is 22.2. The highest BCUT2D eigenvalue weighted by atomic mass is 32.1. The molecule has 5 rings (SSSR count). The first-order valence-corrected chi connectivity index (χ1v) is 13.3. The number of carboxylic acid groups (broad SMARTS) is 1. The SMILES string of the molecule is CCNC(=O)NC1(C2CNCCC2(C)C(=O)O)N=CC=CN1c1cc(-c2nccc(C)n2)c2scnc2c1. The first kappa shape index (κ1) is 25.7. The number of thiazole rings is 1. The number of carbonyl (C=O) groups excluding carboxylic acids is 1.